The van der Waals surface area contributed by atoms with Crippen LogP contribution in [0.5, 0.6) is 5.75 Å². The van der Waals surface area contributed by atoms with Crippen molar-refractivity contribution in [3.8, 4) is 5.75 Å². The van der Waals surface area contributed by atoms with Crippen LogP contribution in [0.4, 0.5) is 0 Å². The molecule has 0 unspecified atom stereocenters. The van der Waals surface area contributed by atoms with Crippen molar-refractivity contribution in [1.82, 2.24) is 5.32 Å². The molecule has 1 aromatic carbocycles. The summed E-state index contributed by atoms with van der Waals surface area (Å²) in [6.07, 6.45) is 0.333. The van der Waals surface area contributed by atoms with Gasteiger partial charge in [-0.25, -0.2) is 0 Å². The molecule has 2 rings (SSSR count). The Morgan fingerprint density at radius 1 is 1.58 bits per heavy atom. The Morgan fingerprint density at radius 2 is 2.37 bits per heavy atom. The number of rotatable bonds is 5. The molecule has 19 heavy (non-hydrogen) atoms. The van der Waals surface area contributed by atoms with Gasteiger partial charge in [-0.3, -0.25) is 4.79 Å². The van der Waals surface area contributed by atoms with Crippen molar-refractivity contribution in [3.63, 3.8) is 0 Å². The summed E-state index contributed by atoms with van der Waals surface area (Å²) in [5.41, 5.74) is 0.916. The van der Waals surface area contributed by atoms with Gasteiger partial charge >= 0.3 is 5.89 Å². The molecule has 0 aliphatic heterocycles. The van der Waals surface area contributed by atoms with Gasteiger partial charge in [0.15, 0.2) is 0 Å². The van der Waals surface area contributed by atoms with Crippen molar-refractivity contribution in [2.75, 3.05) is 19.0 Å². The number of hydrogen-bond donors (Lipinski definition) is 1. The van der Waals surface area contributed by atoms with Gasteiger partial charge < -0.3 is 19.7 Å². The molecule has 2 aromatic rings. The van der Waals surface area contributed by atoms with Gasteiger partial charge in [0, 0.05) is 18.7 Å². The number of carbonyl (C=O) groups excluding carboxylic acids is 1. The quantitative estimate of drug-likeness (QED) is 0.507. The van der Waals surface area contributed by atoms with Gasteiger partial charge in [-0.05, 0) is 6.07 Å². The number of alkyl halides is 1. The Hall–Kier alpha value is -1.76. The van der Waals surface area contributed by atoms with E-state index in [2.05, 4.69) is 21.2 Å². The average Bonchev–Trinajstić information content (AvgIpc) is 2.74. The molecule has 0 spiro atoms. The van der Waals surface area contributed by atoms with Gasteiger partial charge in [0.25, 0.3) is 5.52 Å². The maximum absolute atomic E-state index is 11.9. The highest BCUT2D eigenvalue weighted by Crippen LogP contribution is 2.20. The molecule has 0 aliphatic carbocycles. The van der Waals surface area contributed by atoms with Crippen LogP contribution < -0.4 is 14.8 Å². The van der Waals surface area contributed by atoms with E-state index >= 15 is 0 Å². The van der Waals surface area contributed by atoms with Gasteiger partial charge in [0.1, 0.15) is 5.75 Å². The number of nitrogens with one attached hydrogen (secondary N) is 1. The lowest BCUT2D eigenvalue weighted by atomic mass is 10.3. The predicted molar refractivity (Wildman–Crippen MR) is 72.2 cm³/mol. The Bertz CT molecular complexity index is 597. The Morgan fingerprint density at radius 3 is 3.05 bits per heavy atom. The molecule has 1 heterocycles. The highest BCUT2D eigenvalue weighted by Gasteiger charge is 2.18. The van der Waals surface area contributed by atoms with Crippen molar-refractivity contribution < 1.29 is 18.7 Å². The van der Waals surface area contributed by atoms with E-state index in [1.165, 1.54) is 0 Å². The fourth-order valence-electron chi connectivity index (χ4n) is 1.68. The van der Waals surface area contributed by atoms with E-state index in [4.69, 9.17) is 9.15 Å². The fourth-order valence-corrected chi connectivity index (χ4v) is 1.88. The highest BCUT2D eigenvalue weighted by molar-refractivity contribution is 9.09. The maximum atomic E-state index is 11.9. The van der Waals surface area contributed by atoms with Crippen molar-refractivity contribution in [2.24, 2.45) is 0 Å². The molecule has 1 N–H and O–H groups in total. The minimum atomic E-state index is -0.129. The van der Waals surface area contributed by atoms with Crippen LogP contribution in [-0.2, 0) is 11.2 Å². The maximum Gasteiger partial charge on any atom is 0.361 e. The lowest BCUT2D eigenvalue weighted by Gasteiger charge is -1.99. The second kappa shape index (κ2) is 5.92. The smallest absolute Gasteiger partial charge is 0.361 e. The van der Waals surface area contributed by atoms with Gasteiger partial charge in [0.2, 0.25) is 11.5 Å². The fraction of sp³-hybridized carbons (Fsp3) is 0.333. The average molecular weight is 329 g/mol. The lowest BCUT2D eigenvalue weighted by molar-refractivity contribution is -0.592. The zero-order valence-corrected chi connectivity index (χ0v) is 11.9. The van der Waals surface area contributed by atoms with Gasteiger partial charge in [-0.15, -0.1) is 4.73 Å². The number of benzene rings is 1. The van der Waals surface area contributed by atoms with E-state index in [0.29, 0.717) is 29.8 Å². The predicted octanol–water partition coefficient (Wildman–Crippen LogP) is 1.13. The molecule has 6 nitrogen and oxygen atoms in total. The minimum Gasteiger partial charge on any atom is -0.616 e. The number of halogens is 1. The number of hydrogen-bond acceptors (Lipinski definition) is 4. The number of carbonyl (C=O) groups is 1. The monoisotopic (exact) mass is 328 g/mol. The van der Waals surface area contributed by atoms with Crippen molar-refractivity contribution in [1.29, 1.82) is 0 Å². The third-order valence-electron chi connectivity index (χ3n) is 2.62. The summed E-state index contributed by atoms with van der Waals surface area (Å²) < 4.78 is 11.3. The first kappa shape index (κ1) is 13.7. The summed E-state index contributed by atoms with van der Waals surface area (Å²) in [5.74, 6) is 0.759. The van der Waals surface area contributed by atoms with Crippen LogP contribution in [0.2, 0.25) is 0 Å². The molecule has 1 aromatic heterocycles. The molecule has 0 atom stereocenters. The van der Waals surface area contributed by atoms with Crippen molar-refractivity contribution in [3.05, 3.63) is 29.3 Å². The van der Waals surface area contributed by atoms with E-state index in [9.17, 15) is 10.0 Å². The molecule has 0 saturated heterocycles. The summed E-state index contributed by atoms with van der Waals surface area (Å²) in [5, 5.41) is 14.8. The number of fused-ring (bicyclic) bond motifs is 1. The van der Waals surface area contributed by atoms with Gasteiger partial charge in [-0.2, -0.15) is 0 Å². The summed E-state index contributed by atoms with van der Waals surface area (Å²) in [4.78, 5) is 11.1. The minimum absolute atomic E-state index is 0.129. The SMILES string of the molecule is COc1ccc2c(c1)oc(CCNC(=O)CBr)[n+]2[O-]. The lowest BCUT2D eigenvalue weighted by Crippen LogP contribution is -2.33. The first-order valence-corrected chi connectivity index (χ1v) is 6.79. The molecular formula is C12H13BrN2O4. The molecule has 7 heteroatoms. The second-order valence-corrected chi connectivity index (χ2v) is 4.42. The van der Waals surface area contributed by atoms with Gasteiger partial charge in [-0.1, -0.05) is 15.9 Å². The number of oxazole rings is 1. The van der Waals surface area contributed by atoms with E-state index in [-0.39, 0.29) is 17.1 Å². The normalized spacial score (nSPS) is 10.6. The molecule has 0 aliphatic rings. The van der Waals surface area contributed by atoms with Crippen LogP contribution in [0.15, 0.2) is 22.6 Å². The van der Waals surface area contributed by atoms with E-state index in [0.717, 1.165) is 4.73 Å². The van der Waals surface area contributed by atoms with Crippen LogP contribution >= 0.6 is 15.9 Å². The topological polar surface area (TPSA) is 78.4 Å². The van der Waals surface area contributed by atoms with Crippen molar-refractivity contribution >= 4 is 32.9 Å². The summed E-state index contributed by atoms with van der Waals surface area (Å²) in [7, 11) is 1.55. The number of methoxy groups -OCH3 is 1. The molecule has 0 bridgehead atoms. The third-order valence-corrected chi connectivity index (χ3v) is 3.13. The number of aromatic nitrogens is 1. The first-order chi connectivity index (χ1) is 9.15. The van der Waals surface area contributed by atoms with E-state index in [1.807, 2.05) is 0 Å². The Kier molecular flexibility index (Phi) is 4.26. The van der Waals surface area contributed by atoms with Gasteiger partial charge in [0.05, 0.1) is 18.9 Å². The van der Waals surface area contributed by atoms with Crippen LogP contribution in [0.1, 0.15) is 5.89 Å². The Labute approximate surface area is 118 Å². The zero-order chi connectivity index (χ0) is 13.8. The molecule has 0 radical (unpaired) electrons. The molecule has 0 fully saturated rings. The standard InChI is InChI=1S/C12H13BrN2O4/c1-18-8-2-3-9-10(6-8)19-12(15(9)17)4-5-14-11(16)7-13/h2-3,6H,4-5,7H2,1H3,(H,14,16). The largest absolute Gasteiger partial charge is 0.616 e. The van der Waals surface area contributed by atoms with Crippen LogP contribution in [0.3, 0.4) is 0 Å². The molecule has 0 saturated carbocycles. The zero-order valence-electron chi connectivity index (χ0n) is 10.3. The number of nitrogens with zero attached hydrogens (tertiary/aromatic N) is 1. The van der Waals surface area contributed by atoms with E-state index in [1.54, 1.807) is 25.3 Å². The second-order valence-electron chi connectivity index (χ2n) is 3.86. The van der Waals surface area contributed by atoms with Crippen LogP contribution in [0, 0.1) is 5.21 Å². The van der Waals surface area contributed by atoms with Crippen LogP contribution in [0.25, 0.3) is 11.1 Å². The number of amides is 1. The third kappa shape index (κ3) is 2.98. The first-order valence-electron chi connectivity index (χ1n) is 5.67. The summed E-state index contributed by atoms with van der Waals surface area (Å²) in [6.45, 7) is 0.351. The highest BCUT2D eigenvalue weighted by atomic mass is 79.9. The summed E-state index contributed by atoms with van der Waals surface area (Å²) in [6, 6.07) is 5.00. The Balaban J connectivity index is 2.15. The molecular weight excluding hydrogens is 316 g/mol. The summed E-state index contributed by atoms with van der Waals surface area (Å²) >= 11 is 3.04. The number of ether oxygens (including phenoxy) is 1. The molecule has 1 amide bonds. The van der Waals surface area contributed by atoms with Crippen LogP contribution in [-0.4, -0.2) is 24.9 Å². The van der Waals surface area contributed by atoms with Crippen molar-refractivity contribution in [2.45, 2.75) is 6.42 Å². The van der Waals surface area contributed by atoms with E-state index < -0.39 is 0 Å². The molecule has 102 valence electrons.